The van der Waals surface area contributed by atoms with Gasteiger partial charge in [0.15, 0.2) is 0 Å². The molecule has 3 rings (SSSR count). The van der Waals surface area contributed by atoms with Gasteiger partial charge in [0.2, 0.25) is 5.91 Å². The summed E-state index contributed by atoms with van der Waals surface area (Å²) >= 11 is 5.05. The lowest BCUT2D eigenvalue weighted by Crippen LogP contribution is -2.24. The maximum atomic E-state index is 12.0. The molecule has 0 bridgehead atoms. The van der Waals surface area contributed by atoms with Gasteiger partial charge in [-0.2, -0.15) is 0 Å². The lowest BCUT2D eigenvalue weighted by atomic mass is 10.0. The highest BCUT2D eigenvalue weighted by Crippen LogP contribution is 2.19. The molecule has 3 aromatic rings. The highest BCUT2D eigenvalue weighted by molar-refractivity contribution is 9.10. The number of rotatable bonds is 4. The Morgan fingerprint density at radius 3 is 2.67 bits per heavy atom. The fourth-order valence-electron chi connectivity index (χ4n) is 2.23. The molecule has 1 N–H and O–H groups in total. The molecule has 0 spiro atoms. The van der Waals surface area contributed by atoms with Crippen LogP contribution >= 0.6 is 27.3 Å². The maximum Gasteiger partial charge on any atom is 0.224 e. The van der Waals surface area contributed by atoms with Gasteiger partial charge in [0.25, 0.3) is 0 Å². The quantitative estimate of drug-likeness (QED) is 0.728. The predicted octanol–water partition coefficient (Wildman–Crippen LogP) is 4.52. The smallest absolute Gasteiger partial charge is 0.224 e. The average molecular weight is 360 g/mol. The first-order valence-electron chi connectivity index (χ1n) is 6.68. The van der Waals surface area contributed by atoms with Gasteiger partial charge in [0.05, 0.1) is 13.0 Å². The van der Waals surface area contributed by atoms with Gasteiger partial charge in [-0.25, -0.2) is 0 Å². The Labute approximate surface area is 135 Å². The van der Waals surface area contributed by atoms with Crippen LogP contribution in [0, 0.1) is 0 Å². The fourth-order valence-corrected chi connectivity index (χ4v) is 3.62. The Bertz CT molecular complexity index is 781. The number of fused-ring (bicyclic) bond motifs is 1. The number of hydrogen-bond acceptors (Lipinski definition) is 2. The molecule has 0 aliphatic rings. The van der Waals surface area contributed by atoms with Crippen molar-refractivity contribution in [2.75, 3.05) is 0 Å². The summed E-state index contributed by atoms with van der Waals surface area (Å²) in [4.78, 5) is 13.2. The molecule has 1 amide bonds. The number of nitrogens with one attached hydrogen (secondary N) is 1. The maximum absolute atomic E-state index is 12.0. The zero-order chi connectivity index (χ0) is 14.7. The van der Waals surface area contributed by atoms with E-state index >= 15 is 0 Å². The Kier molecular flexibility index (Phi) is 4.36. The molecule has 2 aromatic carbocycles. The molecule has 0 unspecified atom stereocenters. The van der Waals surface area contributed by atoms with Crippen molar-refractivity contribution in [2.24, 2.45) is 0 Å². The standard InChI is InChI=1S/C17H14BrNOS/c18-15-9-16(21-11-15)10-19-17(20)8-12-5-6-13-3-1-2-4-14(13)7-12/h1-7,9,11H,8,10H2,(H,19,20). The van der Waals surface area contributed by atoms with Crippen molar-refractivity contribution in [1.82, 2.24) is 5.32 Å². The number of benzene rings is 2. The van der Waals surface area contributed by atoms with Gasteiger partial charge in [-0.1, -0.05) is 42.5 Å². The van der Waals surface area contributed by atoms with Gasteiger partial charge in [-0.05, 0) is 38.3 Å². The Balaban J connectivity index is 1.63. The van der Waals surface area contributed by atoms with E-state index < -0.39 is 0 Å². The second kappa shape index (κ2) is 6.41. The molecule has 1 aromatic heterocycles. The van der Waals surface area contributed by atoms with E-state index in [0.29, 0.717) is 13.0 Å². The Morgan fingerprint density at radius 1 is 1.10 bits per heavy atom. The molecule has 2 nitrogen and oxygen atoms in total. The van der Waals surface area contributed by atoms with Crippen LogP contribution in [0.4, 0.5) is 0 Å². The number of amides is 1. The second-order valence-corrected chi connectivity index (χ2v) is 6.78. The first-order valence-corrected chi connectivity index (χ1v) is 8.35. The molecule has 1 heterocycles. The van der Waals surface area contributed by atoms with E-state index in [9.17, 15) is 4.79 Å². The summed E-state index contributed by atoms with van der Waals surface area (Å²) in [5, 5.41) is 7.35. The first kappa shape index (κ1) is 14.3. The van der Waals surface area contributed by atoms with Crippen LogP contribution in [-0.2, 0) is 17.8 Å². The van der Waals surface area contributed by atoms with Crippen LogP contribution in [0.25, 0.3) is 10.8 Å². The number of carbonyl (C=O) groups is 1. The van der Waals surface area contributed by atoms with Crippen LogP contribution in [0.3, 0.4) is 0 Å². The minimum absolute atomic E-state index is 0.0507. The van der Waals surface area contributed by atoms with Crippen molar-refractivity contribution in [2.45, 2.75) is 13.0 Å². The number of hydrogen-bond donors (Lipinski definition) is 1. The van der Waals surface area contributed by atoms with Crippen LogP contribution in [-0.4, -0.2) is 5.91 Å². The first-order chi connectivity index (χ1) is 10.2. The van der Waals surface area contributed by atoms with E-state index in [1.54, 1.807) is 11.3 Å². The zero-order valence-electron chi connectivity index (χ0n) is 11.3. The Hall–Kier alpha value is -1.65. The summed E-state index contributed by atoms with van der Waals surface area (Å²) in [6, 6.07) is 16.4. The van der Waals surface area contributed by atoms with Crippen molar-refractivity contribution >= 4 is 43.9 Å². The molecular formula is C17H14BrNOS. The summed E-state index contributed by atoms with van der Waals surface area (Å²) in [5.74, 6) is 0.0507. The van der Waals surface area contributed by atoms with E-state index in [0.717, 1.165) is 14.9 Å². The van der Waals surface area contributed by atoms with Crippen molar-refractivity contribution in [3.8, 4) is 0 Å². The van der Waals surface area contributed by atoms with Gasteiger partial charge in [0.1, 0.15) is 0 Å². The summed E-state index contributed by atoms with van der Waals surface area (Å²) in [7, 11) is 0. The molecule has 0 saturated heterocycles. The van der Waals surface area contributed by atoms with Gasteiger partial charge in [-0.15, -0.1) is 11.3 Å². The van der Waals surface area contributed by atoms with E-state index in [2.05, 4.69) is 45.5 Å². The van der Waals surface area contributed by atoms with Gasteiger partial charge < -0.3 is 5.32 Å². The summed E-state index contributed by atoms with van der Waals surface area (Å²) in [6.07, 6.45) is 0.414. The fraction of sp³-hybridized carbons (Fsp3) is 0.118. The van der Waals surface area contributed by atoms with Crippen molar-refractivity contribution in [1.29, 1.82) is 0 Å². The summed E-state index contributed by atoms with van der Waals surface area (Å²) < 4.78 is 1.06. The molecule has 0 aliphatic carbocycles. The molecule has 21 heavy (non-hydrogen) atoms. The SMILES string of the molecule is O=C(Cc1ccc2ccccc2c1)NCc1cc(Br)cs1. The monoisotopic (exact) mass is 359 g/mol. The van der Waals surface area contributed by atoms with Crippen LogP contribution < -0.4 is 5.32 Å². The topological polar surface area (TPSA) is 29.1 Å². The lowest BCUT2D eigenvalue weighted by Gasteiger charge is -2.05. The molecule has 4 heteroatoms. The molecule has 106 valence electrons. The van der Waals surface area contributed by atoms with Gasteiger partial charge in [-0.3, -0.25) is 4.79 Å². The van der Waals surface area contributed by atoms with Crippen LogP contribution in [0.1, 0.15) is 10.4 Å². The van der Waals surface area contributed by atoms with E-state index in [-0.39, 0.29) is 5.91 Å². The molecule has 0 radical (unpaired) electrons. The third-order valence-corrected chi connectivity index (χ3v) is 4.96. The normalized spacial score (nSPS) is 10.7. The molecular weight excluding hydrogens is 346 g/mol. The summed E-state index contributed by atoms with van der Waals surface area (Å²) in [6.45, 7) is 0.586. The average Bonchev–Trinajstić information content (AvgIpc) is 2.91. The molecule has 0 aliphatic heterocycles. The Morgan fingerprint density at radius 2 is 1.90 bits per heavy atom. The minimum Gasteiger partial charge on any atom is -0.351 e. The predicted molar refractivity (Wildman–Crippen MR) is 91.5 cm³/mol. The third kappa shape index (κ3) is 3.71. The largest absolute Gasteiger partial charge is 0.351 e. The van der Waals surface area contributed by atoms with Gasteiger partial charge >= 0.3 is 0 Å². The number of carbonyl (C=O) groups excluding carboxylic acids is 1. The number of thiophene rings is 1. The molecule has 0 atom stereocenters. The van der Waals surface area contributed by atoms with E-state index in [1.165, 1.54) is 10.8 Å². The van der Waals surface area contributed by atoms with E-state index in [1.807, 2.05) is 29.6 Å². The van der Waals surface area contributed by atoms with Crippen molar-refractivity contribution < 1.29 is 4.79 Å². The number of halogens is 1. The van der Waals surface area contributed by atoms with Crippen molar-refractivity contribution in [3.05, 3.63) is 68.8 Å². The highest BCUT2D eigenvalue weighted by Gasteiger charge is 2.05. The van der Waals surface area contributed by atoms with Crippen LogP contribution in [0.5, 0.6) is 0 Å². The minimum atomic E-state index is 0.0507. The van der Waals surface area contributed by atoms with Gasteiger partial charge in [0, 0.05) is 14.7 Å². The lowest BCUT2D eigenvalue weighted by molar-refractivity contribution is -0.120. The van der Waals surface area contributed by atoms with Crippen LogP contribution in [0.15, 0.2) is 58.4 Å². The molecule has 0 saturated carbocycles. The third-order valence-electron chi connectivity index (χ3n) is 3.26. The van der Waals surface area contributed by atoms with Crippen molar-refractivity contribution in [3.63, 3.8) is 0 Å². The van der Waals surface area contributed by atoms with Crippen LogP contribution in [0.2, 0.25) is 0 Å². The second-order valence-electron chi connectivity index (χ2n) is 4.87. The highest BCUT2D eigenvalue weighted by atomic mass is 79.9. The van der Waals surface area contributed by atoms with E-state index in [4.69, 9.17) is 0 Å². The summed E-state index contributed by atoms with van der Waals surface area (Å²) in [5.41, 5.74) is 1.04. The molecule has 0 fully saturated rings. The zero-order valence-corrected chi connectivity index (χ0v) is 13.7.